The van der Waals surface area contributed by atoms with Crippen LogP contribution in [-0.4, -0.2) is 5.75 Å². The van der Waals surface area contributed by atoms with Crippen LogP contribution in [-0.2, 0) is 0 Å². The Bertz CT molecular complexity index is 158. The molecule has 0 amide bonds. The Balaban J connectivity index is 2.10. The molecule has 0 saturated carbocycles. The van der Waals surface area contributed by atoms with E-state index < -0.39 is 0 Å². The van der Waals surface area contributed by atoms with Crippen LogP contribution in [0.2, 0.25) is 0 Å². The van der Waals surface area contributed by atoms with E-state index in [-0.39, 0.29) is 0 Å². The van der Waals surface area contributed by atoms with Crippen LogP contribution in [0.1, 0.15) is 52.4 Å². The Labute approximate surface area is 80.8 Å². The van der Waals surface area contributed by atoms with E-state index in [9.17, 15) is 0 Å². The van der Waals surface area contributed by atoms with Crippen molar-refractivity contribution in [1.29, 1.82) is 0 Å². The van der Waals surface area contributed by atoms with Crippen LogP contribution < -0.4 is 0 Å². The Morgan fingerprint density at radius 1 is 1.25 bits per heavy atom. The van der Waals surface area contributed by atoms with Gasteiger partial charge in [0.2, 0.25) is 0 Å². The molecule has 0 N–H and O–H groups in total. The molecule has 1 heterocycles. The van der Waals surface area contributed by atoms with Crippen molar-refractivity contribution in [3.05, 3.63) is 10.5 Å². The molecule has 0 atom stereocenters. The number of thioether (sulfide) groups is 1. The van der Waals surface area contributed by atoms with Gasteiger partial charge in [-0.05, 0) is 31.1 Å². The van der Waals surface area contributed by atoms with Gasteiger partial charge in [-0.3, -0.25) is 0 Å². The summed E-state index contributed by atoms with van der Waals surface area (Å²) >= 11 is 2.05. The van der Waals surface area contributed by atoms with Crippen molar-refractivity contribution in [3.8, 4) is 0 Å². The summed E-state index contributed by atoms with van der Waals surface area (Å²) in [5.74, 6) is 1.34. The highest BCUT2D eigenvalue weighted by Gasteiger charge is 2.09. The quantitative estimate of drug-likeness (QED) is 0.572. The summed E-state index contributed by atoms with van der Waals surface area (Å²) in [5.41, 5.74) is 1.75. The maximum atomic E-state index is 2.28. The lowest BCUT2D eigenvalue weighted by Crippen LogP contribution is -1.83. The second kappa shape index (κ2) is 5.69. The maximum Gasteiger partial charge on any atom is 0.00143 e. The summed E-state index contributed by atoms with van der Waals surface area (Å²) in [6, 6.07) is 0. The van der Waals surface area contributed by atoms with Crippen LogP contribution in [0.15, 0.2) is 10.5 Å². The van der Waals surface area contributed by atoms with Gasteiger partial charge in [0.05, 0.1) is 0 Å². The number of unbranched alkanes of at least 4 members (excludes halogenated alkanes) is 3. The largest absolute Gasteiger partial charge is 0.131 e. The number of allylic oxidation sites excluding steroid dienone is 2. The van der Waals surface area contributed by atoms with Gasteiger partial charge in [-0.1, -0.05) is 31.8 Å². The first kappa shape index (κ1) is 10.2. The molecule has 0 nitrogen and oxygen atoms in total. The van der Waals surface area contributed by atoms with Crippen LogP contribution in [0.5, 0.6) is 0 Å². The third kappa shape index (κ3) is 3.22. The zero-order valence-corrected chi connectivity index (χ0v) is 9.17. The second-order valence-corrected chi connectivity index (χ2v) is 4.88. The van der Waals surface area contributed by atoms with E-state index in [1.807, 2.05) is 11.8 Å². The van der Waals surface area contributed by atoms with Gasteiger partial charge in [-0.2, -0.15) is 0 Å². The van der Waals surface area contributed by atoms with Crippen molar-refractivity contribution in [2.45, 2.75) is 52.4 Å². The summed E-state index contributed by atoms with van der Waals surface area (Å²) < 4.78 is 0. The van der Waals surface area contributed by atoms with E-state index >= 15 is 0 Å². The Morgan fingerprint density at radius 3 is 2.67 bits per heavy atom. The number of hydrogen-bond acceptors (Lipinski definition) is 1. The molecular weight excluding hydrogens is 164 g/mol. The Kier molecular flexibility index (Phi) is 4.82. The fraction of sp³-hybridized carbons (Fsp3) is 0.818. The van der Waals surface area contributed by atoms with Gasteiger partial charge in [0.15, 0.2) is 0 Å². The molecule has 1 aliphatic rings. The van der Waals surface area contributed by atoms with Gasteiger partial charge >= 0.3 is 0 Å². The first-order valence-electron chi connectivity index (χ1n) is 5.16. The highest BCUT2D eigenvalue weighted by molar-refractivity contribution is 8.03. The van der Waals surface area contributed by atoms with Crippen molar-refractivity contribution < 1.29 is 0 Å². The first-order chi connectivity index (χ1) is 5.84. The topological polar surface area (TPSA) is 0 Å². The van der Waals surface area contributed by atoms with Gasteiger partial charge in [0, 0.05) is 5.75 Å². The van der Waals surface area contributed by atoms with E-state index in [4.69, 9.17) is 0 Å². The molecule has 0 bridgehead atoms. The smallest absolute Gasteiger partial charge is 0.00143 e. The van der Waals surface area contributed by atoms with Crippen LogP contribution in [0.3, 0.4) is 0 Å². The number of rotatable bonds is 5. The maximum absolute atomic E-state index is 2.28. The molecule has 0 unspecified atom stereocenters. The normalized spacial score (nSPS) is 17.5. The molecule has 0 aliphatic carbocycles. The molecule has 0 aromatic rings. The first-order valence-corrected chi connectivity index (χ1v) is 6.14. The zero-order valence-electron chi connectivity index (χ0n) is 8.36. The molecular formula is C11H20S. The van der Waals surface area contributed by atoms with Crippen LogP contribution in [0, 0.1) is 0 Å². The van der Waals surface area contributed by atoms with Crippen molar-refractivity contribution in [1.82, 2.24) is 0 Å². The van der Waals surface area contributed by atoms with E-state index in [0.717, 1.165) is 0 Å². The van der Waals surface area contributed by atoms with E-state index in [0.29, 0.717) is 0 Å². The van der Waals surface area contributed by atoms with Crippen molar-refractivity contribution >= 4 is 11.8 Å². The lowest BCUT2D eigenvalue weighted by Gasteiger charge is -2.02. The molecule has 0 aromatic carbocycles. The molecule has 0 fully saturated rings. The minimum Gasteiger partial charge on any atom is -0.131 e. The van der Waals surface area contributed by atoms with Crippen molar-refractivity contribution in [2.24, 2.45) is 0 Å². The molecule has 1 heteroatoms. The highest BCUT2D eigenvalue weighted by atomic mass is 32.2. The van der Waals surface area contributed by atoms with E-state index in [1.165, 1.54) is 44.3 Å². The fourth-order valence-corrected chi connectivity index (χ4v) is 2.73. The van der Waals surface area contributed by atoms with Crippen molar-refractivity contribution in [3.63, 3.8) is 0 Å². The molecule has 0 saturated heterocycles. The third-order valence-electron chi connectivity index (χ3n) is 2.55. The van der Waals surface area contributed by atoms with Gasteiger partial charge in [0.25, 0.3) is 0 Å². The molecule has 70 valence electrons. The minimum atomic E-state index is 1.34. The molecule has 0 radical (unpaired) electrons. The predicted octanol–water partition coefficient (Wildman–Crippen LogP) is 4.37. The van der Waals surface area contributed by atoms with E-state index in [1.54, 1.807) is 10.5 Å². The Hall–Kier alpha value is 0.0900. The SMILES string of the molecule is CCCCCCC1=C(C)SCC1. The molecule has 1 rings (SSSR count). The van der Waals surface area contributed by atoms with E-state index in [2.05, 4.69) is 13.8 Å². The fourth-order valence-electron chi connectivity index (χ4n) is 1.67. The lowest BCUT2D eigenvalue weighted by atomic mass is 10.0. The summed E-state index contributed by atoms with van der Waals surface area (Å²) in [5, 5.41) is 0. The van der Waals surface area contributed by atoms with Crippen LogP contribution in [0.4, 0.5) is 0 Å². The summed E-state index contributed by atoms with van der Waals surface area (Å²) in [6.45, 7) is 4.56. The lowest BCUT2D eigenvalue weighted by molar-refractivity contribution is 0.658. The van der Waals surface area contributed by atoms with Gasteiger partial charge < -0.3 is 0 Å². The monoisotopic (exact) mass is 184 g/mol. The third-order valence-corrected chi connectivity index (χ3v) is 3.68. The average molecular weight is 184 g/mol. The summed E-state index contributed by atoms with van der Waals surface area (Å²) in [4.78, 5) is 1.62. The zero-order chi connectivity index (χ0) is 8.81. The van der Waals surface area contributed by atoms with Crippen molar-refractivity contribution in [2.75, 3.05) is 5.75 Å². The van der Waals surface area contributed by atoms with Crippen LogP contribution in [0.25, 0.3) is 0 Å². The predicted molar refractivity (Wildman–Crippen MR) is 58.5 cm³/mol. The van der Waals surface area contributed by atoms with Gasteiger partial charge in [-0.25, -0.2) is 0 Å². The molecule has 1 aliphatic heterocycles. The van der Waals surface area contributed by atoms with Gasteiger partial charge in [0.1, 0.15) is 0 Å². The standard InChI is InChI=1S/C11H20S/c1-3-4-5-6-7-11-8-9-12-10(11)2/h3-9H2,1-2H3. The molecule has 0 spiro atoms. The number of hydrogen-bond donors (Lipinski definition) is 0. The highest BCUT2D eigenvalue weighted by Crippen LogP contribution is 2.33. The second-order valence-electron chi connectivity index (χ2n) is 3.57. The molecule has 0 aromatic heterocycles. The average Bonchev–Trinajstić information content (AvgIpc) is 2.46. The minimum absolute atomic E-state index is 1.34. The van der Waals surface area contributed by atoms with Crippen LogP contribution >= 0.6 is 11.8 Å². The van der Waals surface area contributed by atoms with Gasteiger partial charge in [-0.15, -0.1) is 11.8 Å². The summed E-state index contributed by atoms with van der Waals surface area (Å²) in [6.07, 6.45) is 8.35. The molecule has 12 heavy (non-hydrogen) atoms. The Morgan fingerprint density at radius 2 is 2.08 bits per heavy atom. The summed E-state index contributed by atoms with van der Waals surface area (Å²) in [7, 11) is 0.